The molecule has 0 amide bonds. The molecule has 130 valence electrons. The molecule has 4 heteroatoms. The van der Waals surface area contributed by atoms with Crippen LogP contribution < -0.4 is 5.56 Å². The summed E-state index contributed by atoms with van der Waals surface area (Å²) in [6.45, 7) is 2.68. The van der Waals surface area contributed by atoms with Gasteiger partial charge in [0.15, 0.2) is 0 Å². The lowest BCUT2D eigenvalue weighted by molar-refractivity contribution is 0.185. The molecule has 2 aromatic rings. The number of benzene rings is 1. The van der Waals surface area contributed by atoms with E-state index < -0.39 is 0 Å². The lowest BCUT2D eigenvalue weighted by Gasteiger charge is -2.31. The van der Waals surface area contributed by atoms with Crippen molar-refractivity contribution >= 4 is 0 Å². The summed E-state index contributed by atoms with van der Waals surface area (Å²) in [6, 6.07) is 12.7. The molecule has 1 aliphatic rings. The van der Waals surface area contributed by atoms with E-state index in [-0.39, 0.29) is 11.1 Å². The van der Waals surface area contributed by atoms with E-state index in [2.05, 4.69) is 29.1 Å². The van der Waals surface area contributed by atoms with Crippen LogP contribution in [0.2, 0.25) is 0 Å². The summed E-state index contributed by atoms with van der Waals surface area (Å²) in [5, 5.41) is 9.45. The predicted molar refractivity (Wildman–Crippen MR) is 100 cm³/mol. The number of H-pyrrole nitrogens is 1. The molecule has 1 aromatic heterocycles. The number of pyridine rings is 1. The Hall–Kier alpha value is -2.38. The molecule has 1 fully saturated rings. The van der Waals surface area contributed by atoms with Gasteiger partial charge >= 0.3 is 0 Å². The van der Waals surface area contributed by atoms with Gasteiger partial charge in [-0.1, -0.05) is 43.5 Å². The molecular weight excluding hydrogens is 310 g/mol. The van der Waals surface area contributed by atoms with Crippen molar-refractivity contribution in [2.24, 2.45) is 0 Å². The van der Waals surface area contributed by atoms with Crippen molar-refractivity contribution in [1.29, 1.82) is 5.26 Å². The van der Waals surface area contributed by atoms with Crippen LogP contribution in [0.3, 0.4) is 0 Å². The van der Waals surface area contributed by atoms with Gasteiger partial charge in [-0.2, -0.15) is 5.26 Å². The summed E-state index contributed by atoms with van der Waals surface area (Å²) < 4.78 is 0. The van der Waals surface area contributed by atoms with E-state index in [0.29, 0.717) is 6.04 Å². The number of nitriles is 1. The largest absolute Gasteiger partial charge is 0.325 e. The van der Waals surface area contributed by atoms with Gasteiger partial charge in [0.05, 0.1) is 0 Å². The monoisotopic (exact) mass is 335 g/mol. The van der Waals surface area contributed by atoms with Crippen molar-refractivity contribution < 1.29 is 0 Å². The van der Waals surface area contributed by atoms with E-state index in [1.807, 2.05) is 31.2 Å². The molecule has 0 radical (unpaired) electrons. The van der Waals surface area contributed by atoms with Gasteiger partial charge in [-0.15, -0.1) is 0 Å². The fourth-order valence-electron chi connectivity index (χ4n) is 3.85. The van der Waals surface area contributed by atoms with Gasteiger partial charge in [0.25, 0.3) is 5.56 Å². The van der Waals surface area contributed by atoms with Crippen molar-refractivity contribution in [1.82, 2.24) is 9.88 Å². The van der Waals surface area contributed by atoms with Crippen LogP contribution in [-0.2, 0) is 6.54 Å². The Balaban J connectivity index is 1.97. The maximum Gasteiger partial charge on any atom is 0.266 e. The summed E-state index contributed by atoms with van der Waals surface area (Å²) in [6.07, 6.45) is 6.47. The molecule has 25 heavy (non-hydrogen) atoms. The van der Waals surface area contributed by atoms with E-state index in [0.717, 1.165) is 28.9 Å². The number of nitrogens with zero attached hydrogens (tertiary/aromatic N) is 2. The number of aromatic nitrogens is 1. The van der Waals surface area contributed by atoms with Crippen LogP contribution in [0, 0.1) is 18.3 Å². The van der Waals surface area contributed by atoms with Crippen LogP contribution >= 0.6 is 0 Å². The zero-order valence-corrected chi connectivity index (χ0v) is 15.0. The highest BCUT2D eigenvalue weighted by molar-refractivity contribution is 5.73. The molecular formula is C21H25N3O. The maximum absolute atomic E-state index is 12.2. The molecule has 0 spiro atoms. The Morgan fingerprint density at radius 1 is 1.20 bits per heavy atom. The summed E-state index contributed by atoms with van der Waals surface area (Å²) in [4.78, 5) is 17.3. The number of hydrogen-bond donors (Lipinski definition) is 1. The van der Waals surface area contributed by atoms with Crippen LogP contribution in [0.5, 0.6) is 0 Å². The summed E-state index contributed by atoms with van der Waals surface area (Å²) in [5.41, 5.74) is 3.53. The number of aromatic amines is 1. The molecule has 1 heterocycles. The third-order valence-corrected chi connectivity index (χ3v) is 5.21. The maximum atomic E-state index is 12.2. The fourth-order valence-corrected chi connectivity index (χ4v) is 3.85. The van der Waals surface area contributed by atoms with Gasteiger partial charge in [0.1, 0.15) is 11.6 Å². The second-order valence-electron chi connectivity index (χ2n) is 7.05. The lowest BCUT2D eigenvalue weighted by atomic mass is 9.92. The molecule has 0 saturated heterocycles. The smallest absolute Gasteiger partial charge is 0.266 e. The average molecular weight is 335 g/mol. The number of rotatable bonds is 4. The molecule has 1 saturated carbocycles. The minimum Gasteiger partial charge on any atom is -0.325 e. The van der Waals surface area contributed by atoms with Gasteiger partial charge in [-0.3, -0.25) is 9.69 Å². The molecule has 0 bridgehead atoms. The first kappa shape index (κ1) is 17.4. The summed E-state index contributed by atoms with van der Waals surface area (Å²) >= 11 is 0. The van der Waals surface area contributed by atoms with Gasteiger partial charge in [0.2, 0.25) is 0 Å². The first-order valence-corrected chi connectivity index (χ1v) is 9.02. The highest BCUT2D eigenvalue weighted by atomic mass is 16.1. The third kappa shape index (κ3) is 3.83. The SMILES string of the molecule is Cc1cc(-c2ccccc2CN(C)C2CCCCC2)c(C#N)c(=O)[nH]1. The number of nitrogens with one attached hydrogen (secondary N) is 1. The third-order valence-electron chi connectivity index (χ3n) is 5.21. The Morgan fingerprint density at radius 3 is 2.64 bits per heavy atom. The highest BCUT2D eigenvalue weighted by Crippen LogP contribution is 2.29. The van der Waals surface area contributed by atoms with Crippen LogP contribution in [0.1, 0.15) is 48.9 Å². The Kier molecular flexibility index (Phi) is 5.35. The van der Waals surface area contributed by atoms with Crippen LogP contribution in [-0.4, -0.2) is 23.0 Å². The standard InChI is InChI=1S/C21H25N3O/c1-15-12-19(20(13-22)21(25)23-15)18-11-7-6-8-16(18)14-24(2)17-9-4-3-5-10-17/h6-8,11-12,17H,3-5,9-10,14H2,1-2H3,(H,23,25). The Labute approximate surface area is 149 Å². The van der Waals surface area contributed by atoms with E-state index >= 15 is 0 Å². The minimum absolute atomic E-state index is 0.193. The zero-order valence-electron chi connectivity index (χ0n) is 15.0. The first-order valence-electron chi connectivity index (χ1n) is 9.02. The van der Waals surface area contributed by atoms with E-state index in [4.69, 9.17) is 0 Å². The van der Waals surface area contributed by atoms with Gasteiger partial charge < -0.3 is 4.98 Å². The highest BCUT2D eigenvalue weighted by Gasteiger charge is 2.20. The summed E-state index contributed by atoms with van der Waals surface area (Å²) in [5.74, 6) is 0. The molecule has 0 aliphatic heterocycles. The predicted octanol–water partition coefficient (Wildman–Crippen LogP) is 3.99. The van der Waals surface area contributed by atoms with Crippen molar-refractivity contribution in [3.8, 4) is 17.2 Å². The first-order chi connectivity index (χ1) is 12.1. The number of hydrogen-bond acceptors (Lipinski definition) is 3. The zero-order chi connectivity index (χ0) is 17.8. The molecule has 4 nitrogen and oxygen atoms in total. The van der Waals surface area contributed by atoms with Crippen molar-refractivity contribution in [2.45, 2.75) is 51.6 Å². The van der Waals surface area contributed by atoms with Gasteiger partial charge in [0, 0.05) is 23.8 Å². The molecule has 1 aromatic carbocycles. The molecule has 1 aliphatic carbocycles. The average Bonchev–Trinajstić information content (AvgIpc) is 2.62. The Morgan fingerprint density at radius 2 is 1.92 bits per heavy atom. The van der Waals surface area contributed by atoms with E-state index in [9.17, 15) is 10.1 Å². The van der Waals surface area contributed by atoms with Crippen LogP contribution in [0.15, 0.2) is 35.1 Å². The topological polar surface area (TPSA) is 59.9 Å². The second-order valence-corrected chi connectivity index (χ2v) is 7.05. The lowest BCUT2D eigenvalue weighted by Crippen LogP contribution is -2.33. The van der Waals surface area contributed by atoms with Crippen molar-refractivity contribution in [2.75, 3.05) is 7.05 Å². The summed E-state index contributed by atoms with van der Waals surface area (Å²) in [7, 11) is 2.18. The molecule has 0 unspecified atom stereocenters. The van der Waals surface area contributed by atoms with Gasteiger partial charge in [-0.05, 0) is 44.0 Å². The minimum atomic E-state index is -0.312. The second kappa shape index (κ2) is 7.67. The van der Waals surface area contributed by atoms with Crippen LogP contribution in [0.4, 0.5) is 0 Å². The van der Waals surface area contributed by atoms with E-state index in [1.54, 1.807) is 0 Å². The van der Waals surface area contributed by atoms with Gasteiger partial charge in [-0.25, -0.2) is 0 Å². The quantitative estimate of drug-likeness (QED) is 0.919. The van der Waals surface area contributed by atoms with Crippen molar-refractivity contribution in [3.63, 3.8) is 0 Å². The number of aryl methyl sites for hydroxylation is 1. The van der Waals surface area contributed by atoms with Crippen LogP contribution in [0.25, 0.3) is 11.1 Å². The molecule has 0 atom stereocenters. The van der Waals surface area contributed by atoms with E-state index in [1.165, 1.54) is 32.1 Å². The normalized spacial score (nSPS) is 15.3. The fraction of sp³-hybridized carbons (Fsp3) is 0.429. The van der Waals surface area contributed by atoms with Crippen molar-refractivity contribution in [3.05, 3.63) is 57.5 Å². The Bertz CT molecular complexity index is 841. The molecule has 3 rings (SSSR count). The molecule has 1 N–H and O–H groups in total.